The minimum absolute atomic E-state index is 0.178. The number of carboxylic acids is 1. The third-order valence-corrected chi connectivity index (χ3v) is 4.03. The van der Waals surface area contributed by atoms with Gasteiger partial charge in [-0.15, -0.1) is 0 Å². The Kier molecular flexibility index (Phi) is 3.80. The molecule has 0 radical (unpaired) electrons. The summed E-state index contributed by atoms with van der Waals surface area (Å²) in [5.74, 6) is -0.646. The summed E-state index contributed by atoms with van der Waals surface area (Å²) < 4.78 is 0. The highest BCUT2D eigenvalue weighted by atomic mass is 16.4. The number of nitrogens with zero attached hydrogens (tertiary/aromatic N) is 1. The van der Waals surface area contributed by atoms with Gasteiger partial charge in [-0.05, 0) is 51.4 Å². The van der Waals surface area contributed by atoms with Gasteiger partial charge in [0.2, 0.25) is 0 Å². The minimum atomic E-state index is -0.943. The standard InChI is InChI=1S/C15H21NO3/c1-11-5-6-13(17)12(9-11)10-15(2,14(18)19)16-7-3-4-8-16/h5-6,9,17H,3-4,7-8,10H2,1-2H3,(H,18,19). The maximum atomic E-state index is 11.7. The van der Waals surface area contributed by atoms with Crippen molar-refractivity contribution in [3.63, 3.8) is 0 Å². The summed E-state index contributed by atoms with van der Waals surface area (Å²) in [6.07, 6.45) is 2.42. The molecule has 1 aliphatic heterocycles. The molecule has 1 heterocycles. The number of hydrogen-bond acceptors (Lipinski definition) is 3. The number of carboxylic acid groups (broad SMARTS) is 1. The van der Waals surface area contributed by atoms with E-state index in [4.69, 9.17) is 0 Å². The smallest absolute Gasteiger partial charge is 0.324 e. The first-order chi connectivity index (χ1) is 8.93. The van der Waals surface area contributed by atoms with E-state index in [0.717, 1.165) is 31.5 Å². The highest BCUT2D eigenvalue weighted by molar-refractivity contribution is 5.79. The summed E-state index contributed by atoms with van der Waals surface area (Å²) in [4.78, 5) is 13.7. The molecule has 0 bridgehead atoms. The molecule has 1 fully saturated rings. The van der Waals surface area contributed by atoms with Crippen molar-refractivity contribution in [1.82, 2.24) is 4.90 Å². The van der Waals surface area contributed by atoms with Gasteiger partial charge in [-0.3, -0.25) is 9.69 Å². The van der Waals surface area contributed by atoms with Gasteiger partial charge in [0.1, 0.15) is 11.3 Å². The lowest BCUT2D eigenvalue weighted by Gasteiger charge is -2.35. The average Bonchev–Trinajstić information content (AvgIpc) is 2.87. The van der Waals surface area contributed by atoms with Crippen LogP contribution in [-0.2, 0) is 11.2 Å². The molecular formula is C15H21NO3. The second-order valence-electron chi connectivity index (χ2n) is 5.58. The Labute approximate surface area is 113 Å². The van der Waals surface area contributed by atoms with Crippen molar-refractivity contribution < 1.29 is 15.0 Å². The lowest BCUT2D eigenvalue weighted by molar-refractivity contribution is -0.149. The van der Waals surface area contributed by atoms with Crippen molar-refractivity contribution in [2.75, 3.05) is 13.1 Å². The first kappa shape index (κ1) is 13.9. The Hall–Kier alpha value is -1.55. The van der Waals surface area contributed by atoms with E-state index in [1.807, 2.05) is 24.0 Å². The summed E-state index contributed by atoms with van der Waals surface area (Å²) in [5.41, 5.74) is 0.792. The number of aryl methyl sites for hydroxylation is 1. The second-order valence-corrected chi connectivity index (χ2v) is 5.58. The van der Waals surface area contributed by atoms with Crippen LogP contribution in [-0.4, -0.2) is 39.7 Å². The quantitative estimate of drug-likeness (QED) is 0.874. The van der Waals surface area contributed by atoms with E-state index in [2.05, 4.69) is 0 Å². The Bertz CT molecular complexity index is 480. The van der Waals surface area contributed by atoms with Gasteiger partial charge in [-0.25, -0.2) is 0 Å². The van der Waals surface area contributed by atoms with E-state index in [0.29, 0.717) is 12.0 Å². The van der Waals surface area contributed by atoms with Crippen LogP contribution in [0.25, 0.3) is 0 Å². The lowest BCUT2D eigenvalue weighted by Crippen LogP contribution is -2.52. The number of phenolic OH excluding ortho intramolecular Hbond substituents is 1. The van der Waals surface area contributed by atoms with E-state index in [1.165, 1.54) is 0 Å². The third kappa shape index (κ3) is 2.73. The zero-order chi connectivity index (χ0) is 14.0. The van der Waals surface area contributed by atoms with Crippen LogP contribution >= 0.6 is 0 Å². The molecule has 19 heavy (non-hydrogen) atoms. The zero-order valence-corrected chi connectivity index (χ0v) is 11.5. The summed E-state index contributed by atoms with van der Waals surface area (Å²) >= 11 is 0. The Balaban J connectivity index is 2.30. The number of rotatable bonds is 4. The van der Waals surface area contributed by atoms with Crippen LogP contribution in [0.4, 0.5) is 0 Å². The molecule has 1 aromatic carbocycles. The van der Waals surface area contributed by atoms with Crippen molar-refractivity contribution in [1.29, 1.82) is 0 Å². The number of benzene rings is 1. The average molecular weight is 263 g/mol. The van der Waals surface area contributed by atoms with Crippen molar-refractivity contribution in [3.8, 4) is 5.75 Å². The topological polar surface area (TPSA) is 60.8 Å². The van der Waals surface area contributed by atoms with Crippen molar-refractivity contribution in [3.05, 3.63) is 29.3 Å². The largest absolute Gasteiger partial charge is 0.508 e. The number of likely N-dealkylation sites (tertiary alicyclic amines) is 1. The maximum Gasteiger partial charge on any atom is 0.324 e. The van der Waals surface area contributed by atoms with Crippen LogP contribution in [0, 0.1) is 6.92 Å². The maximum absolute atomic E-state index is 11.7. The van der Waals surface area contributed by atoms with Gasteiger partial charge in [0, 0.05) is 6.42 Å². The Morgan fingerprint density at radius 3 is 2.58 bits per heavy atom. The predicted molar refractivity (Wildman–Crippen MR) is 73.4 cm³/mol. The molecule has 104 valence electrons. The Morgan fingerprint density at radius 1 is 1.37 bits per heavy atom. The van der Waals surface area contributed by atoms with Crippen molar-refractivity contribution in [2.24, 2.45) is 0 Å². The molecule has 0 spiro atoms. The van der Waals surface area contributed by atoms with Crippen LogP contribution < -0.4 is 0 Å². The summed E-state index contributed by atoms with van der Waals surface area (Å²) in [5, 5.41) is 19.5. The van der Waals surface area contributed by atoms with Gasteiger partial charge in [0.05, 0.1) is 0 Å². The molecule has 1 atom stereocenters. The van der Waals surface area contributed by atoms with Crippen LogP contribution in [0.3, 0.4) is 0 Å². The molecule has 2 N–H and O–H groups in total. The summed E-state index contributed by atoms with van der Waals surface area (Å²) in [7, 11) is 0. The van der Waals surface area contributed by atoms with E-state index < -0.39 is 11.5 Å². The Morgan fingerprint density at radius 2 is 2.00 bits per heavy atom. The molecule has 0 amide bonds. The lowest BCUT2D eigenvalue weighted by atomic mass is 9.90. The second kappa shape index (κ2) is 5.21. The molecule has 0 aliphatic carbocycles. The number of phenols is 1. The molecule has 0 aromatic heterocycles. The molecule has 4 heteroatoms. The SMILES string of the molecule is Cc1ccc(O)c(CC(C)(C(=O)O)N2CCCC2)c1. The molecular weight excluding hydrogens is 242 g/mol. The number of aliphatic carboxylic acids is 1. The van der Waals surface area contributed by atoms with Gasteiger partial charge in [0.15, 0.2) is 0 Å². The van der Waals surface area contributed by atoms with Crippen molar-refractivity contribution >= 4 is 5.97 Å². The molecule has 1 unspecified atom stereocenters. The highest BCUT2D eigenvalue weighted by Gasteiger charge is 2.41. The molecule has 1 saturated heterocycles. The van der Waals surface area contributed by atoms with E-state index in [9.17, 15) is 15.0 Å². The first-order valence-corrected chi connectivity index (χ1v) is 6.70. The van der Waals surface area contributed by atoms with Crippen molar-refractivity contribution in [2.45, 2.75) is 38.6 Å². The molecule has 1 aromatic rings. The third-order valence-electron chi connectivity index (χ3n) is 4.03. The minimum Gasteiger partial charge on any atom is -0.508 e. The highest BCUT2D eigenvalue weighted by Crippen LogP contribution is 2.29. The van der Waals surface area contributed by atoms with Gasteiger partial charge >= 0.3 is 5.97 Å². The van der Waals surface area contributed by atoms with E-state index in [-0.39, 0.29) is 5.75 Å². The normalized spacial score (nSPS) is 19.3. The monoisotopic (exact) mass is 263 g/mol. The summed E-state index contributed by atoms with van der Waals surface area (Å²) in [6, 6.07) is 5.33. The van der Waals surface area contributed by atoms with Gasteiger partial charge in [0.25, 0.3) is 0 Å². The molecule has 0 saturated carbocycles. The van der Waals surface area contributed by atoms with Gasteiger partial charge in [-0.1, -0.05) is 17.7 Å². The fourth-order valence-electron chi connectivity index (χ4n) is 2.76. The van der Waals surface area contributed by atoms with E-state index >= 15 is 0 Å². The molecule has 4 nitrogen and oxygen atoms in total. The van der Waals surface area contributed by atoms with Crippen LogP contribution in [0.5, 0.6) is 5.75 Å². The zero-order valence-electron chi connectivity index (χ0n) is 11.5. The van der Waals surface area contributed by atoms with Gasteiger partial charge < -0.3 is 10.2 Å². The van der Waals surface area contributed by atoms with Crippen LogP contribution in [0.2, 0.25) is 0 Å². The van der Waals surface area contributed by atoms with Crippen LogP contribution in [0.15, 0.2) is 18.2 Å². The number of aromatic hydroxyl groups is 1. The number of hydrogen-bond donors (Lipinski definition) is 2. The molecule has 2 rings (SSSR count). The predicted octanol–water partition coefficient (Wildman–Crippen LogP) is 2.18. The number of carbonyl (C=O) groups is 1. The van der Waals surface area contributed by atoms with E-state index in [1.54, 1.807) is 13.0 Å². The fraction of sp³-hybridized carbons (Fsp3) is 0.533. The van der Waals surface area contributed by atoms with Gasteiger partial charge in [-0.2, -0.15) is 0 Å². The summed E-state index contributed by atoms with van der Waals surface area (Å²) in [6.45, 7) is 5.32. The fourth-order valence-corrected chi connectivity index (χ4v) is 2.76. The molecule has 1 aliphatic rings. The van der Waals surface area contributed by atoms with Crippen LogP contribution in [0.1, 0.15) is 30.9 Å². The first-order valence-electron chi connectivity index (χ1n) is 6.70.